The minimum Gasteiger partial charge on any atom is -0.490 e. The van der Waals surface area contributed by atoms with Crippen molar-refractivity contribution in [2.45, 2.75) is 0 Å². The van der Waals surface area contributed by atoms with Crippen LogP contribution in [-0.4, -0.2) is 30.2 Å². The van der Waals surface area contributed by atoms with Crippen molar-refractivity contribution in [1.82, 2.24) is 9.97 Å². The molecule has 0 aliphatic rings. The highest BCUT2D eigenvalue weighted by molar-refractivity contribution is 5.85. The molecule has 1 aromatic heterocycles. The van der Waals surface area contributed by atoms with E-state index in [1.165, 1.54) is 20.4 Å². The van der Waals surface area contributed by atoms with Crippen LogP contribution in [0, 0.1) is 0 Å². The van der Waals surface area contributed by atoms with Crippen molar-refractivity contribution in [3.05, 3.63) is 6.20 Å². The fraction of sp³-hybridized carbons (Fsp3) is 0.286. The van der Waals surface area contributed by atoms with Gasteiger partial charge in [0.25, 0.3) is 5.88 Å². The number of hydrogen-bond acceptors (Lipinski definition) is 5. The number of anilines is 1. The van der Waals surface area contributed by atoms with Gasteiger partial charge in [0.2, 0.25) is 5.95 Å². The van der Waals surface area contributed by atoms with Gasteiger partial charge in [-0.25, -0.2) is 9.78 Å². The zero-order valence-corrected chi connectivity index (χ0v) is 7.77. The van der Waals surface area contributed by atoms with E-state index >= 15 is 0 Å². The third-order valence-corrected chi connectivity index (χ3v) is 1.37. The molecule has 1 rings (SSSR count). The predicted molar refractivity (Wildman–Crippen MR) is 48.3 cm³/mol. The zero-order valence-electron chi connectivity index (χ0n) is 7.77. The second-order valence-corrected chi connectivity index (χ2v) is 2.26. The maximum Gasteiger partial charge on any atom is 0.319 e. The quantitative estimate of drug-likeness (QED) is 0.711. The van der Waals surface area contributed by atoms with Crippen molar-refractivity contribution >= 4 is 12.0 Å². The van der Waals surface area contributed by atoms with Gasteiger partial charge in [-0.3, -0.25) is 5.32 Å². The lowest BCUT2D eigenvalue weighted by Crippen LogP contribution is -2.21. The van der Waals surface area contributed by atoms with E-state index < -0.39 is 6.03 Å². The predicted octanol–water partition coefficient (Wildman–Crippen LogP) is -0.0156. The molecule has 2 amide bonds. The molecule has 1 heterocycles. The largest absolute Gasteiger partial charge is 0.490 e. The van der Waals surface area contributed by atoms with Crippen molar-refractivity contribution in [2.75, 3.05) is 19.5 Å². The average Bonchev–Trinajstić information content (AvgIpc) is 2.16. The van der Waals surface area contributed by atoms with Crippen LogP contribution in [0.15, 0.2) is 6.20 Å². The first-order chi connectivity index (χ1) is 6.67. The number of nitrogens with one attached hydrogen (secondary N) is 1. The van der Waals surface area contributed by atoms with Gasteiger partial charge in [0, 0.05) is 0 Å². The lowest BCUT2D eigenvalue weighted by atomic mass is 10.5. The van der Waals surface area contributed by atoms with E-state index in [4.69, 9.17) is 15.2 Å². The summed E-state index contributed by atoms with van der Waals surface area (Å²) in [5.74, 6) is 0.670. The van der Waals surface area contributed by atoms with Crippen LogP contribution in [0.4, 0.5) is 10.7 Å². The van der Waals surface area contributed by atoms with E-state index in [0.29, 0.717) is 5.75 Å². The number of carbonyl (C=O) groups is 1. The Morgan fingerprint density at radius 2 is 2.21 bits per heavy atom. The van der Waals surface area contributed by atoms with Gasteiger partial charge in [-0.15, -0.1) is 0 Å². The normalized spacial score (nSPS) is 9.29. The van der Waals surface area contributed by atoms with Crippen molar-refractivity contribution in [1.29, 1.82) is 0 Å². The minimum atomic E-state index is -0.739. The van der Waals surface area contributed by atoms with Crippen LogP contribution >= 0.6 is 0 Å². The summed E-state index contributed by atoms with van der Waals surface area (Å²) in [7, 11) is 2.89. The number of nitrogens with two attached hydrogens (primary N) is 1. The Hall–Kier alpha value is -2.05. The summed E-state index contributed by atoms with van der Waals surface area (Å²) in [6, 6.07) is -0.739. The van der Waals surface area contributed by atoms with Crippen LogP contribution in [0.25, 0.3) is 0 Å². The number of methoxy groups -OCH3 is 2. The number of amides is 2. The lowest BCUT2D eigenvalue weighted by Gasteiger charge is -2.06. The Morgan fingerprint density at radius 1 is 1.50 bits per heavy atom. The first-order valence-electron chi connectivity index (χ1n) is 3.69. The summed E-state index contributed by atoms with van der Waals surface area (Å²) in [5, 5.41) is 2.21. The molecule has 76 valence electrons. The fourth-order valence-corrected chi connectivity index (χ4v) is 0.812. The molecule has 0 radical (unpaired) electrons. The summed E-state index contributed by atoms with van der Waals surface area (Å²) < 4.78 is 9.79. The number of nitrogens with zero attached hydrogens (tertiary/aromatic N) is 2. The maximum absolute atomic E-state index is 10.5. The fourth-order valence-electron chi connectivity index (χ4n) is 0.812. The Bertz CT molecular complexity index is 342. The van der Waals surface area contributed by atoms with Crippen molar-refractivity contribution in [2.24, 2.45) is 5.73 Å². The topological polar surface area (TPSA) is 99.4 Å². The van der Waals surface area contributed by atoms with Crippen LogP contribution in [0.1, 0.15) is 0 Å². The second-order valence-electron chi connectivity index (χ2n) is 2.26. The standard InChI is InChI=1S/C7H10N4O3/c1-13-4-3-9-7(11-6(8)12)10-5(4)14-2/h3H,1-2H3,(H3,8,9,10,11,12). The third kappa shape index (κ3) is 2.22. The molecule has 0 bridgehead atoms. The minimum absolute atomic E-state index is 0.0650. The van der Waals surface area contributed by atoms with Gasteiger partial charge in [0.15, 0.2) is 5.75 Å². The molecule has 3 N–H and O–H groups in total. The van der Waals surface area contributed by atoms with Gasteiger partial charge in [-0.05, 0) is 0 Å². The van der Waals surface area contributed by atoms with Gasteiger partial charge in [-0.2, -0.15) is 4.98 Å². The molecule has 0 aliphatic carbocycles. The van der Waals surface area contributed by atoms with Gasteiger partial charge in [0.1, 0.15) is 0 Å². The number of rotatable bonds is 3. The molecule has 0 saturated heterocycles. The van der Waals surface area contributed by atoms with Gasteiger partial charge in [-0.1, -0.05) is 0 Å². The molecular formula is C7H10N4O3. The van der Waals surface area contributed by atoms with E-state index in [1.807, 2.05) is 0 Å². The SMILES string of the molecule is COc1cnc(NC(N)=O)nc1OC. The Kier molecular flexibility index (Phi) is 3.05. The van der Waals surface area contributed by atoms with Gasteiger partial charge in [0.05, 0.1) is 20.4 Å². The molecule has 0 fully saturated rings. The molecule has 14 heavy (non-hydrogen) atoms. The lowest BCUT2D eigenvalue weighted by molar-refractivity contribution is 0.259. The van der Waals surface area contributed by atoms with Gasteiger partial charge < -0.3 is 15.2 Å². The van der Waals surface area contributed by atoms with Crippen LogP contribution in [0.3, 0.4) is 0 Å². The molecule has 0 saturated carbocycles. The Balaban J connectivity index is 2.95. The van der Waals surface area contributed by atoms with Crippen LogP contribution < -0.4 is 20.5 Å². The second kappa shape index (κ2) is 4.26. The first kappa shape index (κ1) is 10.0. The van der Waals surface area contributed by atoms with E-state index in [-0.39, 0.29) is 11.8 Å². The average molecular weight is 198 g/mol. The Morgan fingerprint density at radius 3 is 2.71 bits per heavy atom. The van der Waals surface area contributed by atoms with E-state index in [1.54, 1.807) is 0 Å². The maximum atomic E-state index is 10.5. The Labute approximate surface area is 80.2 Å². The molecule has 0 aromatic carbocycles. The summed E-state index contributed by atoms with van der Waals surface area (Å²) >= 11 is 0. The van der Waals surface area contributed by atoms with Crippen molar-refractivity contribution in [3.63, 3.8) is 0 Å². The number of ether oxygens (including phenoxy) is 2. The third-order valence-electron chi connectivity index (χ3n) is 1.37. The van der Waals surface area contributed by atoms with E-state index in [0.717, 1.165) is 0 Å². The summed E-state index contributed by atoms with van der Waals surface area (Å²) in [6.45, 7) is 0. The molecule has 0 atom stereocenters. The van der Waals surface area contributed by atoms with Crippen LogP contribution in [-0.2, 0) is 0 Å². The molecule has 7 nitrogen and oxygen atoms in total. The number of carbonyl (C=O) groups excluding carboxylic acids is 1. The molecule has 0 aliphatic heterocycles. The molecule has 0 unspecified atom stereocenters. The van der Waals surface area contributed by atoms with E-state index in [2.05, 4.69) is 15.3 Å². The number of urea groups is 1. The highest BCUT2D eigenvalue weighted by Crippen LogP contribution is 2.23. The van der Waals surface area contributed by atoms with Gasteiger partial charge >= 0.3 is 6.03 Å². The highest BCUT2D eigenvalue weighted by atomic mass is 16.5. The summed E-state index contributed by atoms with van der Waals surface area (Å²) in [6.07, 6.45) is 1.37. The van der Waals surface area contributed by atoms with Crippen LogP contribution in [0.2, 0.25) is 0 Å². The number of aromatic nitrogens is 2. The van der Waals surface area contributed by atoms with Crippen molar-refractivity contribution < 1.29 is 14.3 Å². The summed E-state index contributed by atoms with van der Waals surface area (Å²) in [5.41, 5.74) is 4.88. The molecule has 0 spiro atoms. The van der Waals surface area contributed by atoms with Crippen molar-refractivity contribution in [3.8, 4) is 11.6 Å². The van der Waals surface area contributed by atoms with E-state index in [9.17, 15) is 4.79 Å². The number of primary amides is 1. The monoisotopic (exact) mass is 198 g/mol. The number of hydrogen-bond donors (Lipinski definition) is 2. The molecule has 1 aromatic rings. The van der Waals surface area contributed by atoms with Crippen LogP contribution in [0.5, 0.6) is 11.6 Å². The highest BCUT2D eigenvalue weighted by Gasteiger charge is 2.08. The molecule has 7 heteroatoms. The smallest absolute Gasteiger partial charge is 0.319 e. The molecular weight excluding hydrogens is 188 g/mol. The zero-order chi connectivity index (χ0) is 10.6. The first-order valence-corrected chi connectivity index (χ1v) is 3.69. The summed E-state index contributed by atoms with van der Waals surface area (Å²) in [4.78, 5) is 18.1.